The highest BCUT2D eigenvalue weighted by Crippen LogP contribution is 2.24. The van der Waals surface area contributed by atoms with Crippen molar-refractivity contribution in [2.75, 3.05) is 6.54 Å². The molecule has 2 aromatic rings. The average molecular weight is 540 g/mol. The molecule has 0 saturated carbocycles. The van der Waals surface area contributed by atoms with E-state index in [0.29, 0.717) is 16.2 Å². The number of nitrogens with zero attached hydrogens (tertiary/aromatic N) is 2. The van der Waals surface area contributed by atoms with Crippen molar-refractivity contribution in [2.45, 2.75) is 24.5 Å². The first-order chi connectivity index (χ1) is 18.5. The molecule has 3 atom stereocenters. The van der Waals surface area contributed by atoms with Gasteiger partial charge in [0.1, 0.15) is 18.6 Å². The summed E-state index contributed by atoms with van der Waals surface area (Å²) in [6.07, 6.45) is -0.885. The number of urea groups is 1. The Kier molecular flexibility index (Phi) is 8.78. The van der Waals surface area contributed by atoms with E-state index in [-0.39, 0.29) is 11.5 Å². The molecule has 9 N–H and O–H groups in total. The topological polar surface area (TPSA) is 247 Å². The smallest absolute Gasteiger partial charge is 0.330 e. The number of nitrogens with one attached hydrogen (secondary N) is 3. The number of carbonyl (C=O) groups excluding carboxylic acids is 4. The van der Waals surface area contributed by atoms with E-state index in [1.807, 2.05) is 0 Å². The molecule has 0 spiro atoms. The summed E-state index contributed by atoms with van der Waals surface area (Å²) < 4.78 is 0. The summed E-state index contributed by atoms with van der Waals surface area (Å²) in [4.78, 5) is 78.1. The number of rotatable bonds is 11. The van der Waals surface area contributed by atoms with E-state index in [1.54, 1.807) is 18.2 Å². The number of amides is 5. The van der Waals surface area contributed by atoms with Gasteiger partial charge in [0.25, 0.3) is 5.91 Å². The molecule has 39 heavy (non-hydrogen) atoms. The zero-order chi connectivity index (χ0) is 28.7. The van der Waals surface area contributed by atoms with Crippen molar-refractivity contribution in [3.63, 3.8) is 0 Å². The molecular weight excluding hydrogens is 514 g/mol. The molecule has 0 aliphatic carbocycles. The summed E-state index contributed by atoms with van der Waals surface area (Å²) in [5.41, 5.74) is 11.7. The van der Waals surface area contributed by atoms with Crippen molar-refractivity contribution in [1.82, 2.24) is 20.9 Å². The van der Waals surface area contributed by atoms with Crippen molar-refractivity contribution in [3.8, 4) is 0 Å². The molecule has 3 rings (SSSR count). The van der Waals surface area contributed by atoms with Crippen LogP contribution in [-0.2, 0) is 24.0 Å². The molecule has 2 aromatic carbocycles. The lowest BCUT2D eigenvalue weighted by molar-refractivity contribution is -0.143. The molecule has 0 radical (unpaired) electrons. The first kappa shape index (κ1) is 28.1. The van der Waals surface area contributed by atoms with Gasteiger partial charge in [-0.1, -0.05) is 42.5 Å². The Bertz CT molecular complexity index is 1310. The lowest BCUT2D eigenvalue weighted by Gasteiger charge is -2.21. The summed E-state index contributed by atoms with van der Waals surface area (Å²) in [5.74, 6) is -5.90. The maximum absolute atomic E-state index is 12.8. The fourth-order valence-corrected chi connectivity index (χ4v) is 3.73. The Labute approximate surface area is 220 Å². The number of hydrogen-bond donors (Lipinski definition) is 7. The SMILES string of the molecule is NC(N)=Nc1ccc(C2NC(=O)N(CC(=O)N[C@@H](CC(=O)O)C(=O)N[C@H](C(=O)O)c3ccccc3)C2=O)cc1. The van der Waals surface area contributed by atoms with Crippen LogP contribution in [0.25, 0.3) is 0 Å². The normalized spacial score (nSPS) is 16.0. The van der Waals surface area contributed by atoms with Crippen molar-refractivity contribution < 1.29 is 39.0 Å². The van der Waals surface area contributed by atoms with E-state index in [9.17, 15) is 39.0 Å². The largest absolute Gasteiger partial charge is 0.481 e. The summed E-state index contributed by atoms with van der Waals surface area (Å²) in [5, 5.41) is 25.5. The molecule has 5 amide bonds. The van der Waals surface area contributed by atoms with Crippen LogP contribution in [0, 0.1) is 0 Å². The summed E-state index contributed by atoms with van der Waals surface area (Å²) in [6, 6.07) is 8.48. The van der Waals surface area contributed by atoms with Crippen LogP contribution in [0.3, 0.4) is 0 Å². The predicted octanol–water partition coefficient (Wildman–Crippen LogP) is -0.914. The van der Waals surface area contributed by atoms with Crippen LogP contribution < -0.4 is 27.4 Å². The molecular formula is C24H25N7O8. The highest BCUT2D eigenvalue weighted by molar-refractivity contribution is 6.07. The fraction of sp³-hybridized carbons (Fsp3) is 0.208. The van der Waals surface area contributed by atoms with E-state index in [2.05, 4.69) is 20.9 Å². The van der Waals surface area contributed by atoms with Gasteiger partial charge < -0.3 is 37.6 Å². The highest BCUT2D eigenvalue weighted by atomic mass is 16.4. The number of benzene rings is 2. The minimum absolute atomic E-state index is 0.168. The second-order valence-electron chi connectivity index (χ2n) is 8.34. The van der Waals surface area contributed by atoms with E-state index in [1.165, 1.54) is 36.4 Å². The van der Waals surface area contributed by atoms with Gasteiger partial charge in [-0.2, -0.15) is 0 Å². The lowest BCUT2D eigenvalue weighted by atomic mass is 10.1. The zero-order valence-electron chi connectivity index (χ0n) is 20.2. The summed E-state index contributed by atoms with van der Waals surface area (Å²) in [7, 11) is 0. The standard InChI is InChI=1S/C24H25N7O8/c25-23(26)27-14-8-6-13(7-9-14)18-21(36)31(24(39)30-18)11-16(32)28-15(10-17(33)34)20(35)29-19(22(37)38)12-4-2-1-3-5-12/h1-9,15,18-19H,10-11H2,(H,28,32)(H,29,35)(H,30,39)(H,33,34)(H,37,38)(H4,25,26,27)/t15-,18?,19-/m0/s1. The molecule has 15 nitrogen and oxygen atoms in total. The monoisotopic (exact) mass is 539 g/mol. The Hall–Kier alpha value is -5.47. The van der Waals surface area contributed by atoms with Gasteiger partial charge in [0.2, 0.25) is 11.8 Å². The number of carbonyl (C=O) groups is 6. The maximum Gasteiger partial charge on any atom is 0.330 e. The zero-order valence-corrected chi connectivity index (χ0v) is 20.2. The molecule has 15 heteroatoms. The van der Waals surface area contributed by atoms with Gasteiger partial charge in [-0.25, -0.2) is 14.6 Å². The average Bonchev–Trinajstić information content (AvgIpc) is 3.15. The number of hydrogen-bond acceptors (Lipinski definition) is 7. The van der Waals surface area contributed by atoms with Crippen LogP contribution in [0.1, 0.15) is 29.6 Å². The number of guanidine groups is 1. The minimum Gasteiger partial charge on any atom is -0.481 e. The van der Waals surface area contributed by atoms with Gasteiger partial charge in [0.05, 0.1) is 12.1 Å². The van der Waals surface area contributed by atoms with Gasteiger partial charge in [0, 0.05) is 0 Å². The lowest BCUT2D eigenvalue weighted by Crippen LogP contribution is -2.52. The van der Waals surface area contributed by atoms with E-state index in [4.69, 9.17) is 11.5 Å². The molecule has 1 heterocycles. The molecule has 1 aliphatic heterocycles. The Morgan fingerprint density at radius 3 is 2.18 bits per heavy atom. The number of nitrogens with two attached hydrogens (primary N) is 2. The van der Waals surface area contributed by atoms with E-state index >= 15 is 0 Å². The highest BCUT2D eigenvalue weighted by Gasteiger charge is 2.40. The maximum atomic E-state index is 12.8. The Balaban J connectivity index is 1.68. The molecule has 1 aliphatic rings. The number of carboxylic acid groups (broad SMARTS) is 2. The second kappa shape index (κ2) is 12.2. The van der Waals surface area contributed by atoms with Gasteiger partial charge in [-0.05, 0) is 23.3 Å². The third-order valence-corrected chi connectivity index (χ3v) is 5.51. The van der Waals surface area contributed by atoms with Crippen LogP contribution in [0.4, 0.5) is 10.5 Å². The predicted molar refractivity (Wildman–Crippen MR) is 134 cm³/mol. The van der Waals surface area contributed by atoms with Crippen LogP contribution in [0.2, 0.25) is 0 Å². The van der Waals surface area contributed by atoms with Crippen molar-refractivity contribution in [3.05, 3.63) is 65.7 Å². The Morgan fingerprint density at radius 1 is 0.974 bits per heavy atom. The number of aliphatic imine (C=N–C) groups is 1. The van der Waals surface area contributed by atoms with Crippen molar-refractivity contribution in [2.24, 2.45) is 16.5 Å². The first-order valence-corrected chi connectivity index (χ1v) is 11.4. The molecule has 0 aromatic heterocycles. The fourth-order valence-electron chi connectivity index (χ4n) is 3.73. The Morgan fingerprint density at radius 2 is 1.62 bits per heavy atom. The minimum atomic E-state index is -1.69. The van der Waals surface area contributed by atoms with Gasteiger partial charge in [-0.15, -0.1) is 0 Å². The second-order valence-corrected chi connectivity index (χ2v) is 8.34. The van der Waals surface area contributed by atoms with Crippen LogP contribution in [0.15, 0.2) is 59.6 Å². The number of imide groups is 1. The van der Waals surface area contributed by atoms with Crippen molar-refractivity contribution in [1.29, 1.82) is 0 Å². The van der Waals surface area contributed by atoms with Gasteiger partial charge in [0.15, 0.2) is 12.0 Å². The van der Waals surface area contributed by atoms with Crippen LogP contribution in [0.5, 0.6) is 0 Å². The third kappa shape index (κ3) is 7.28. The van der Waals surface area contributed by atoms with Gasteiger partial charge in [-0.3, -0.25) is 24.1 Å². The molecule has 0 bridgehead atoms. The van der Waals surface area contributed by atoms with E-state index < -0.39 is 66.8 Å². The molecule has 1 fully saturated rings. The quantitative estimate of drug-likeness (QED) is 0.105. The van der Waals surface area contributed by atoms with Crippen LogP contribution >= 0.6 is 0 Å². The third-order valence-electron chi connectivity index (χ3n) is 5.51. The number of carboxylic acids is 2. The molecule has 204 valence electrons. The summed E-state index contributed by atoms with van der Waals surface area (Å²) >= 11 is 0. The van der Waals surface area contributed by atoms with Gasteiger partial charge >= 0.3 is 18.0 Å². The first-order valence-electron chi connectivity index (χ1n) is 11.4. The summed E-state index contributed by atoms with van der Waals surface area (Å²) in [6.45, 7) is -0.822. The van der Waals surface area contributed by atoms with E-state index in [0.717, 1.165) is 0 Å². The van der Waals surface area contributed by atoms with Crippen molar-refractivity contribution >= 4 is 47.3 Å². The number of aliphatic carboxylic acids is 2. The molecule has 1 unspecified atom stereocenters. The van der Waals surface area contributed by atoms with Crippen LogP contribution in [-0.4, -0.2) is 69.4 Å². The molecule has 1 saturated heterocycles.